The van der Waals surface area contributed by atoms with Gasteiger partial charge in [0.15, 0.2) is 0 Å². The number of sulfonamides is 1. The topological polar surface area (TPSA) is 110 Å². The van der Waals surface area contributed by atoms with Crippen LogP contribution in [-0.2, 0) is 20.6 Å². The third-order valence-corrected chi connectivity index (χ3v) is 3.62. The van der Waals surface area contributed by atoms with E-state index in [0.717, 1.165) is 0 Å². The summed E-state index contributed by atoms with van der Waals surface area (Å²) in [6.07, 6.45) is 0.166. The maximum absolute atomic E-state index is 11.7. The van der Waals surface area contributed by atoms with Crippen molar-refractivity contribution >= 4 is 16.0 Å². The van der Waals surface area contributed by atoms with Gasteiger partial charge in [-0.1, -0.05) is 5.16 Å². The van der Waals surface area contributed by atoms with Crippen molar-refractivity contribution in [2.45, 2.75) is 38.5 Å². The van der Waals surface area contributed by atoms with Crippen molar-refractivity contribution < 1.29 is 22.8 Å². The number of hydrogen-bond donors (Lipinski definition) is 2. The first kappa shape index (κ1) is 14.7. The predicted molar refractivity (Wildman–Crippen MR) is 63.3 cm³/mol. The Labute approximate surface area is 105 Å². The lowest BCUT2D eigenvalue weighted by Crippen LogP contribution is -2.33. The van der Waals surface area contributed by atoms with E-state index in [2.05, 4.69) is 9.88 Å². The van der Waals surface area contributed by atoms with E-state index >= 15 is 0 Å². The molecule has 0 radical (unpaired) electrons. The van der Waals surface area contributed by atoms with Crippen LogP contribution in [0.5, 0.6) is 0 Å². The Morgan fingerprint density at radius 2 is 2.28 bits per heavy atom. The summed E-state index contributed by atoms with van der Waals surface area (Å²) in [5.74, 6) is -0.686. The van der Waals surface area contributed by atoms with Crippen LogP contribution in [0.15, 0.2) is 10.6 Å². The monoisotopic (exact) mass is 276 g/mol. The van der Waals surface area contributed by atoms with E-state index in [9.17, 15) is 13.2 Å². The van der Waals surface area contributed by atoms with Crippen LogP contribution in [-0.4, -0.2) is 30.7 Å². The number of hydrogen-bond acceptors (Lipinski definition) is 5. The molecule has 1 aromatic rings. The quantitative estimate of drug-likeness (QED) is 0.757. The van der Waals surface area contributed by atoms with Gasteiger partial charge in [0, 0.05) is 18.5 Å². The summed E-state index contributed by atoms with van der Waals surface area (Å²) < 4.78 is 30.6. The average Bonchev–Trinajstić information content (AvgIpc) is 2.59. The molecule has 1 atom stereocenters. The molecule has 0 aliphatic carbocycles. The molecule has 1 heterocycles. The van der Waals surface area contributed by atoms with Crippen molar-refractivity contribution in [2.24, 2.45) is 0 Å². The molecule has 0 saturated heterocycles. The summed E-state index contributed by atoms with van der Waals surface area (Å²) in [5.41, 5.74) is 0.324. The highest BCUT2D eigenvalue weighted by atomic mass is 32.2. The van der Waals surface area contributed by atoms with Gasteiger partial charge >= 0.3 is 5.97 Å². The zero-order chi connectivity index (χ0) is 13.8. The molecule has 0 aliphatic heterocycles. The highest BCUT2D eigenvalue weighted by Crippen LogP contribution is 2.07. The third kappa shape index (κ3) is 5.28. The SMILES string of the molecule is Cc1cc(CS(=O)(=O)NC(C)CCC(=O)O)no1. The van der Waals surface area contributed by atoms with Crippen LogP contribution < -0.4 is 4.72 Å². The number of aliphatic carboxylic acids is 1. The third-order valence-electron chi connectivity index (χ3n) is 2.19. The minimum absolute atomic E-state index is 0.0766. The number of carbonyl (C=O) groups is 1. The van der Waals surface area contributed by atoms with Gasteiger partial charge in [0.25, 0.3) is 0 Å². The second-order valence-corrected chi connectivity index (χ2v) is 5.89. The molecule has 1 unspecified atom stereocenters. The van der Waals surface area contributed by atoms with E-state index in [0.29, 0.717) is 11.5 Å². The standard InChI is InChI=1S/C10H16N2O5S/c1-7(3-4-10(13)14)12-18(15,16)6-9-5-8(2)17-11-9/h5,7,12H,3-4,6H2,1-2H3,(H,13,14). The lowest BCUT2D eigenvalue weighted by molar-refractivity contribution is -0.137. The molecule has 0 fully saturated rings. The number of nitrogens with one attached hydrogen (secondary N) is 1. The summed E-state index contributed by atoms with van der Waals surface area (Å²) in [6, 6.07) is 1.11. The predicted octanol–water partition coefficient (Wildman–Crippen LogP) is 0.656. The van der Waals surface area contributed by atoms with Gasteiger partial charge in [-0.05, 0) is 20.3 Å². The van der Waals surface area contributed by atoms with E-state index in [1.165, 1.54) is 0 Å². The van der Waals surface area contributed by atoms with Crippen molar-refractivity contribution in [2.75, 3.05) is 0 Å². The Morgan fingerprint density at radius 3 is 2.78 bits per heavy atom. The number of aryl methyl sites for hydroxylation is 1. The Kier molecular flexibility index (Phi) is 4.85. The van der Waals surface area contributed by atoms with Crippen LogP contribution in [0.2, 0.25) is 0 Å². The molecule has 2 N–H and O–H groups in total. The number of carboxylic acids is 1. The average molecular weight is 276 g/mol. The Balaban J connectivity index is 2.51. The number of aromatic nitrogens is 1. The molecule has 1 aromatic heterocycles. The maximum atomic E-state index is 11.7. The fourth-order valence-electron chi connectivity index (χ4n) is 1.43. The minimum Gasteiger partial charge on any atom is -0.481 e. The Hall–Kier alpha value is -1.41. The summed E-state index contributed by atoms with van der Waals surface area (Å²) in [7, 11) is -3.53. The minimum atomic E-state index is -3.53. The molecule has 0 aliphatic rings. The zero-order valence-corrected chi connectivity index (χ0v) is 11.0. The molecule has 102 valence electrons. The summed E-state index contributed by atoms with van der Waals surface area (Å²) in [5, 5.41) is 12.1. The molecule has 0 amide bonds. The van der Waals surface area contributed by atoms with Gasteiger partial charge in [-0.3, -0.25) is 4.79 Å². The molecule has 0 spiro atoms. The zero-order valence-electron chi connectivity index (χ0n) is 10.2. The van der Waals surface area contributed by atoms with Crippen LogP contribution in [0.3, 0.4) is 0 Å². The van der Waals surface area contributed by atoms with Crippen molar-refractivity contribution in [1.82, 2.24) is 9.88 Å². The summed E-state index contributed by atoms with van der Waals surface area (Å²) >= 11 is 0. The number of rotatable bonds is 7. The normalized spacial score (nSPS) is 13.4. The van der Waals surface area contributed by atoms with Crippen LogP contribution in [0.1, 0.15) is 31.2 Å². The summed E-state index contributed by atoms with van der Waals surface area (Å²) in [4.78, 5) is 10.4. The van der Waals surface area contributed by atoms with E-state index in [1.54, 1.807) is 19.9 Å². The molecule has 0 bridgehead atoms. The molecule has 8 heteroatoms. The fraction of sp³-hybridized carbons (Fsp3) is 0.600. The Bertz CT molecular complexity index is 508. The molecular formula is C10H16N2O5S. The summed E-state index contributed by atoms with van der Waals surface area (Å²) in [6.45, 7) is 3.29. The molecule has 0 saturated carbocycles. The second-order valence-electron chi connectivity index (χ2n) is 4.14. The Morgan fingerprint density at radius 1 is 1.61 bits per heavy atom. The maximum Gasteiger partial charge on any atom is 0.303 e. The molecule has 7 nitrogen and oxygen atoms in total. The molecule has 18 heavy (non-hydrogen) atoms. The fourth-order valence-corrected chi connectivity index (χ4v) is 2.77. The lowest BCUT2D eigenvalue weighted by Gasteiger charge is -2.12. The van der Waals surface area contributed by atoms with Gasteiger partial charge in [-0.2, -0.15) is 0 Å². The van der Waals surface area contributed by atoms with Gasteiger partial charge < -0.3 is 9.63 Å². The lowest BCUT2D eigenvalue weighted by atomic mass is 10.2. The van der Waals surface area contributed by atoms with Gasteiger partial charge in [0.1, 0.15) is 17.2 Å². The van der Waals surface area contributed by atoms with Crippen molar-refractivity contribution in [1.29, 1.82) is 0 Å². The van der Waals surface area contributed by atoms with Crippen molar-refractivity contribution in [3.8, 4) is 0 Å². The van der Waals surface area contributed by atoms with Crippen LogP contribution in [0.4, 0.5) is 0 Å². The van der Waals surface area contributed by atoms with Crippen LogP contribution in [0, 0.1) is 6.92 Å². The van der Waals surface area contributed by atoms with Crippen molar-refractivity contribution in [3.05, 3.63) is 17.5 Å². The van der Waals surface area contributed by atoms with Crippen LogP contribution in [0.25, 0.3) is 0 Å². The van der Waals surface area contributed by atoms with Gasteiger partial charge in [0.2, 0.25) is 10.0 Å². The smallest absolute Gasteiger partial charge is 0.303 e. The molecule has 1 rings (SSSR count). The molecular weight excluding hydrogens is 260 g/mol. The van der Waals surface area contributed by atoms with Gasteiger partial charge in [0.05, 0.1) is 0 Å². The highest BCUT2D eigenvalue weighted by Gasteiger charge is 2.17. The second kappa shape index (κ2) is 5.96. The highest BCUT2D eigenvalue weighted by molar-refractivity contribution is 7.88. The van der Waals surface area contributed by atoms with Crippen LogP contribution >= 0.6 is 0 Å². The van der Waals surface area contributed by atoms with E-state index in [4.69, 9.17) is 9.63 Å². The first-order valence-corrected chi connectivity index (χ1v) is 7.08. The number of nitrogens with zero attached hydrogens (tertiary/aromatic N) is 1. The van der Waals surface area contributed by atoms with E-state index < -0.39 is 22.0 Å². The largest absolute Gasteiger partial charge is 0.481 e. The molecule has 0 aromatic carbocycles. The van der Waals surface area contributed by atoms with E-state index in [1.807, 2.05) is 0 Å². The number of carboxylic acid groups (broad SMARTS) is 1. The first-order valence-electron chi connectivity index (χ1n) is 5.42. The first-order chi connectivity index (χ1) is 8.28. The van der Waals surface area contributed by atoms with Gasteiger partial charge in [-0.15, -0.1) is 0 Å². The van der Waals surface area contributed by atoms with E-state index in [-0.39, 0.29) is 18.6 Å². The van der Waals surface area contributed by atoms with Crippen molar-refractivity contribution in [3.63, 3.8) is 0 Å². The van der Waals surface area contributed by atoms with Gasteiger partial charge in [-0.25, -0.2) is 13.1 Å².